The van der Waals surface area contributed by atoms with Gasteiger partial charge in [-0.25, -0.2) is 13.5 Å². The highest BCUT2D eigenvalue weighted by atomic mass is 19.1. The third-order valence-electron chi connectivity index (χ3n) is 4.57. The van der Waals surface area contributed by atoms with Gasteiger partial charge in [0.05, 0.1) is 11.7 Å². The first-order valence-electron chi connectivity index (χ1n) is 9.06. The van der Waals surface area contributed by atoms with Crippen LogP contribution in [0.25, 0.3) is 16.8 Å². The lowest BCUT2D eigenvalue weighted by Crippen LogP contribution is -2.26. The highest BCUT2D eigenvalue weighted by molar-refractivity contribution is 5.96. The van der Waals surface area contributed by atoms with E-state index in [1.807, 2.05) is 13.0 Å². The third-order valence-corrected chi connectivity index (χ3v) is 4.57. The van der Waals surface area contributed by atoms with Crippen molar-refractivity contribution in [1.29, 1.82) is 0 Å². The van der Waals surface area contributed by atoms with Gasteiger partial charge in [-0.3, -0.25) is 9.78 Å². The fraction of sp³-hybridized carbons (Fsp3) is 0.0952. The number of halogens is 2. The number of hydrogen-bond acceptors (Lipinski definition) is 5. The van der Waals surface area contributed by atoms with Crippen LogP contribution in [0.3, 0.4) is 0 Å². The molecule has 7 nitrogen and oxygen atoms in total. The zero-order valence-corrected chi connectivity index (χ0v) is 15.8. The van der Waals surface area contributed by atoms with E-state index in [2.05, 4.69) is 25.8 Å². The average molecular weight is 406 g/mol. The molecule has 4 aromatic rings. The molecule has 1 atom stereocenters. The molecule has 0 fully saturated rings. The van der Waals surface area contributed by atoms with Crippen molar-refractivity contribution in [3.63, 3.8) is 0 Å². The second-order valence-corrected chi connectivity index (χ2v) is 6.63. The molecule has 1 unspecified atom stereocenters. The number of benzene rings is 2. The van der Waals surface area contributed by atoms with Gasteiger partial charge in [0, 0.05) is 29.6 Å². The molecule has 150 valence electrons. The fourth-order valence-corrected chi connectivity index (χ4v) is 3.03. The van der Waals surface area contributed by atoms with Gasteiger partial charge in [-0.15, -0.1) is 5.10 Å². The summed E-state index contributed by atoms with van der Waals surface area (Å²) in [5.74, 6) is -1.79. The van der Waals surface area contributed by atoms with E-state index in [4.69, 9.17) is 0 Å². The molecule has 9 heteroatoms. The first kappa shape index (κ1) is 19.3. The quantitative estimate of drug-likeness (QED) is 0.548. The lowest BCUT2D eigenvalue weighted by atomic mass is 10.0. The molecule has 1 amide bonds. The molecule has 0 aliphatic heterocycles. The third kappa shape index (κ3) is 4.04. The Morgan fingerprint density at radius 2 is 2.00 bits per heavy atom. The van der Waals surface area contributed by atoms with Crippen molar-refractivity contribution in [3.05, 3.63) is 90.0 Å². The number of carbonyl (C=O) groups excluding carboxylic acids is 1. The predicted octanol–water partition coefficient (Wildman–Crippen LogP) is 3.49. The maximum Gasteiger partial charge on any atom is 0.251 e. The smallest absolute Gasteiger partial charge is 0.251 e. The SMILES string of the molecule is CC(NC(=O)c1cc(-c2ccc(F)cc2F)cc(-n2cnnn2)c1)c1cccnc1. The fourth-order valence-electron chi connectivity index (χ4n) is 3.03. The van der Waals surface area contributed by atoms with E-state index < -0.39 is 11.6 Å². The number of tetrazole rings is 1. The van der Waals surface area contributed by atoms with Crippen molar-refractivity contribution < 1.29 is 13.6 Å². The van der Waals surface area contributed by atoms with Gasteiger partial charge in [-0.05, 0) is 64.9 Å². The Kier molecular flexibility index (Phi) is 5.25. The van der Waals surface area contributed by atoms with Crippen molar-refractivity contribution in [1.82, 2.24) is 30.5 Å². The number of aromatic nitrogens is 5. The van der Waals surface area contributed by atoms with Crippen LogP contribution in [-0.4, -0.2) is 31.1 Å². The van der Waals surface area contributed by atoms with E-state index in [-0.39, 0.29) is 23.1 Å². The number of pyridine rings is 1. The van der Waals surface area contributed by atoms with Crippen LogP contribution in [0.5, 0.6) is 0 Å². The van der Waals surface area contributed by atoms with Gasteiger partial charge in [0.15, 0.2) is 0 Å². The lowest BCUT2D eigenvalue weighted by Gasteiger charge is -2.15. The molecule has 0 saturated carbocycles. The van der Waals surface area contributed by atoms with Gasteiger partial charge in [0.25, 0.3) is 5.91 Å². The molecular weight excluding hydrogens is 390 g/mol. The van der Waals surface area contributed by atoms with Crippen LogP contribution in [0, 0.1) is 11.6 Å². The molecule has 30 heavy (non-hydrogen) atoms. The van der Waals surface area contributed by atoms with Crippen molar-refractivity contribution >= 4 is 5.91 Å². The minimum atomic E-state index is -0.737. The van der Waals surface area contributed by atoms with Gasteiger partial charge in [-0.1, -0.05) is 6.07 Å². The van der Waals surface area contributed by atoms with Gasteiger partial charge in [0.1, 0.15) is 18.0 Å². The first-order chi connectivity index (χ1) is 14.5. The zero-order chi connectivity index (χ0) is 21.1. The molecule has 0 aliphatic carbocycles. The molecule has 4 rings (SSSR count). The van der Waals surface area contributed by atoms with Gasteiger partial charge in [-0.2, -0.15) is 0 Å². The van der Waals surface area contributed by atoms with Crippen molar-refractivity contribution in [2.45, 2.75) is 13.0 Å². The van der Waals surface area contributed by atoms with Crippen LogP contribution in [0.1, 0.15) is 28.9 Å². The van der Waals surface area contributed by atoms with Crippen LogP contribution in [0.15, 0.2) is 67.3 Å². The number of carbonyl (C=O) groups is 1. The van der Waals surface area contributed by atoms with Gasteiger partial charge >= 0.3 is 0 Å². The molecule has 2 aromatic carbocycles. The topological polar surface area (TPSA) is 85.6 Å². The van der Waals surface area contributed by atoms with E-state index in [1.165, 1.54) is 23.1 Å². The van der Waals surface area contributed by atoms with Crippen LogP contribution >= 0.6 is 0 Å². The second-order valence-electron chi connectivity index (χ2n) is 6.63. The van der Waals surface area contributed by atoms with Crippen molar-refractivity contribution in [2.75, 3.05) is 0 Å². The number of amides is 1. The average Bonchev–Trinajstić information content (AvgIpc) is 3.29. The van der Waals surface area contributed by atoms with Crippen LogP contribution in [0.4, 0.5) is 8.78 Å². The van der Waals surface area contributed by atoms with Crippen molar-refractivity contribution in [3.8, 4) is 16.8 Å². The number of rotatable bonds is 5. The Bertz CT molecular complexity index is 1180. The molecule has 1 N–H and O–H groups in total. The van der Waals surface area contributed by atoms with E-state index in [0.29, 0.717) is 11.3 Å². The molecule has 0 saturated heterocycles. The summed E-state index contributed by atoms with van der Waals surface area (Å²) < 4.78 is 29.1. The largest absolute Gasteiger partial charge is 0.345 e. The van der Waals surface area contributed by atoms with Gasteiger partial charge < -0.3 is 5.32 Å². The summed E-state index contributed by atoms with van der Waals surface area (Å²) in [4.78, 5) is 17.0. The Morgan fingerprint density at radius 1 is 1.13 bits per heavy atom. The zero-order valence-electron chi connectivity index (χ0n) is 15.8. The number of hydrogen-bond donors (Lipinski definition) is 1. The summed E-state index contributed by atoms with van der Waals surface area (Å²) >= 11 is 0. The molecule has 0 bridgehead atoms. The minimum Gasteiger partial charge on any atom is -0.345 e. The number of nitrogens with zero attached hydrogens (tertiary/aromatic N) is 5. The molecule has 0 spiro atoms. The summed E-state index contributed by atoms with van der Waals surface area (Å²) in [7, 11) is 0. The Morgan fingerprint density at radius 3 is 2.70 bits per heavy atom. The van der Waals surface area contributed by atoms with Crippen LogP contribution in [-0.2, 0) is 0 Å². The maximum absolute atomic E-state index is 14.4. The standard InChI is InChI=1S/C21H16F2N6O/c1-13(14-3-2-6-24-11-14)26-21(30)16-7-15(19-5-4-17(22)10-20(19)23)8-18(9-16)29-12-25-27-28-29/h2-13H,1H3,(H,26,30). The Hall–Kier alpha value is -4.01. The van der Waals surface area contributed by atoms with Gasteiger partial charge in [0.2, 0.25) is 0 Å². The summed E-state index contributed by atoms with van der Waals surface area (Å²) in [5.41, 5.74) is 2.12. The minimum absolute atomic E-state index is 0.153. The van der Waals surface area contributed by atoms with Crippen LogP contribution < -0.4 is 5.32 Å². The Labute approximate surface area is 170 Å². The van der Waals surface area contributed by atoms with Crippen molar-refractivity contribution in [2.24, 2.45) is 0 Å². The monoisotopic (exact) mass is 406 g/mol. The summed E-state index contributed by atoms with van der Waals surface area (Å²) in [6, 6.07) is 11.4. The first-order valence-corrected chi connectivity index (χ1v) is 9.06. The summed E-state index contributed by atoms with van der Waals surface area (Å²) in [6.45, 7) is 1.83. The van der Waals surface area contributed by atoms with E-state index in [0.717, 1.165) is 17.7 Å². The van der Waals surface area contributed by atoms with E-state index >= 15 is 0 Å². The summed E-state index contributed by atoms with van der Waals surface area (Å²) in [6.07, 6.45) is 4.68. The highest BCUT2D eigenvalue weighted by Crippen LogP contribution is 2.27. The normalized spacial score (nSPS) is 11.8. The Balaban J connectivity index is 1.73. The lowest BCUT2D eigenvalue weighted by molar-refractivity contribution is 0.0940. The van der Waals surface area contributed by atoms with Crippen LogP contribution in [0.2, 0.25) is 0 Å². The molecule has 0 radical (unpaired) electrons. The molecule has 2 aromatic heterocycles. The summed E-state index contributed by atoms with van der Waals surface area (Å²) in [5, 5.41) is 13.9. The molecular formula is C21H16F2N6O. The van der Waals surface area contributed by atoms with E-state index in [1.54, 1.807) is 30.6 Å². The predicted molar refractivity (Wildman–Crippen MR) is 105 cm³/mol. The molecule has 0 aliphatic rings. The second kappa shape index (κ2) is 8.16. The number of nitrogens with one attached hydrogen (secondary N) is 1. The van der Waals surface area contributed by atoms with E-state index in [9.17, 15) is 13.6 Å². The maximum atomic E-state index is 14.4. The highest BCUT2D eigenvalue weighted by Gasteiger charge is 2.16. The molecule has 2 heterocycles.